The molecule has 2 N–H and O–H groups in total. The summed E-state index contributed by atoms with van der Waals surface area (Å²) < 4.78 is 17.5. The Hall–Kier alpha value is -1.87. The van der Waals surface area contributed by atoms with Crippen LogP contribution in [0, 0.1) is 0 Å². The standard InChI is InChI=1S/C17H17O4P/c1-2-9-21-16-8-7-14-10-12-5-3-4-6-13(12)11-15(14)17(16)22(18,19)20/h3-8,10-11H,2,9H2,1H3,(H2,18,19,20). The van der Waals surface area contributed by atoms with Gasteiger partial charge in [-0.05, 0) is 40.8 Å². The highest BCUT2D eigenvalue weighted by Gasteiger charge is 2.26. The molecule has 0 amide bonds. The summed E-state index contributed by atoms with van der Waals surface area (Å²) in [5, 5.41) is 3.29. The molecule has 0 spiro atoms. The SMILES string of the molecule is CCCOc1ccc2cc3ccccc3cc2c1P(=O)(O)O. The molecule has 0 aliphatic rings. The van der Waals surface area contributed by atoms with Crippen LogP contribution in [0.25, 0.3) is 21.5 Å². The Morgan fingerprint density at radius 3 is 2.32 bits per heavy atom. The summed E-state index contributed by atoms with van der Waals surface area (Å²) in [6, 6.07) is 15.0. The van der Waals surface area contributed by atoms with Crippen molar-refractivity contribution in [1.82, 2.24) is 0 Å². The van der Waals surface area contributed by atoms with Crippen molar-refractivity contribution in [1.29, 1.82) is 0 Å². The highest BCUT2D eigenvalue weighted by atomic mass is 31.2. The molecule has 0 heterocycles. The molecule has 3 rings (SSSR count). The Labute approximate surface area is 128 Å². The predicted molar refractivity (Wildman–Crippen MR) is 88.9 cm³/mol. The lowest BCUT2D eigenvalue weighted by Crippen LogP contribution is -2.12. The van der Waals surface area contributed by atoms with Gasteiger partial charge in [-0.15, -0.1) is 0 Å². The van der Waals surface area contributed by atoms with Crippen LogP contribution in [-0.2, 0) is 4.57 Å². The molecule has 5 heteroatoms. The molecule has 22 heavy (non-hydrogen) atoms. The van der Waals surface area contributed by atoms with Gasteiger partial charge in [0.2, 0.25) is 0 Å². The van der Waals surface area contributed by atoms with E-state index >= 15 is 0 Å². The first-order chi connectivity index (χ1) is 10.5. The van der Waals surface area contributed by atoms with E-state index in [4.69, 9.17) is 4.74 Å². The van der Waals surface area contributed by atoms with Gasteiger partial charge in [0.15, 0.2) is 0 Å². The summed E-state index contributed by atoms with van der Waals surface area (Å²) in [5.41, 5.74) is 0. The van der Waals surface area contributed by atoms with Crippen molar-refractivity contribution in [2.24, 2.45) is 0 Å². The zero-order chi connectivity index (χ0) is 15.7. The van der Waals surface area contributed by atoms with Gasteiger partial charge in [-0.1, -0.05) is 37.3 Å². The van der Waals surface area contributed by atoms with Gasteiger partial charge < -0.3 is 14.5 Å². The zero-order valence-electron chi connectivity index (χ0n) is 12.2. The van der Waals surface area contributed by atoms with E-state index < -0.39 is 7.60 Å². The average molecular weight is 316 g/mol. The fourth-order valence-electron chi connectivity index (χ4n) is 2.61. The number of ether oxygens (including phenoxy) is 1. The second kappa shape index (κ2) is 5.73. The van der Waals surface area contributed by atoms with Crippen molar-refractivity contribution in [3.63, 3.8) is 0 Å². The third kappa shape index (κ3) is 2.73. The second-order valence-electron chi connectivity index (χ2n) is 5.23. The maximum Gasteiger partial charge on any atom is 0.360 e. The highest BCUT2D eigenvalue weighted by molar-refractivity contribution is 7.61. The number of hydrogen-bond donors (Lipinski definition) is 2. The van der Waals surface area contributed by atoms with Gasteiger partial charge in [0, 0.05) is 5.39 Å². The van der Waals surface area contributed by atoms with Gasteiger partial charge >= 0.3 is 7.60 Å². The lowest BCUT2D eigenvalue weighted by molar-refractivity contribution is 0.317. The fourth-order valence-corrected chi connectivity index (χ4v) is 3.54. The third-order valence-corrected chi connectivity index (χ3v) is 4.62. The van der Waals surface area contributed by atoms with Gasteiger partial charge in [-0.25, -0.2) is 0 Å². The van der Waals surface area contributed by atoms with Gasteiger partial charge in [-0.2, -0.15) is 0 Å². The topological polar surface area (TPSA) is 66.8 Å². The van der Waals surface area contributed by atoms with E-state index in [1.54, 1.807) is 6.07 Å². The summed E-state index contributed by atoms with van der Waals surface area (Å²) in [4.78, 5) is 19.5. The minimum Gasteiger partial charge on any atom is -0.493 e. The monoisotopic (exact) mass is 316 g/mol. The zero-order valence-corrected chi connectivity index (χ0v) is 13.1. The molecule has 3 aromatic carbocycles. The first kappa shape index (κ1) is 15.0. The van der Waals surface area contributed by atoms with Crippen LogP contribution in [-0.4, -0.2) is 16.4 Å². The second-order valence-corrected chi connectivity index (χ2v) is 6.76. The minimum absolute atomic E-state index is 0.0239. The molecule has 3 aromatic rings. The molecule has 0 atom stereocenters. The molecule has 114 valence electrons. The Bertz CT molecular complexity index is 882. The molecule has 0 unspecified atom stereocenters. The summed E-state index contributed by atoms with van der Waals surface area (Å²) in [7, 11) is -4.44. The molecular weight excluding hydrogens is 299 g/mol. The summed E-state index contributed by atoms with van der Waals surface area (Å²) in [5.74, 6) is 0.262. The van der Waals surface area contributed by atoms with Crippen molar-refractivity contribution < 1.29 is 19.1 Å². The van der Waals surface area contributed by atoms with Crippen LogP contribution in [0.2, 0.25) is 0 Å². The molecule has 0 aliphatic carbocycles. The molecule has 0 saturated heterocycles. The van der Waals surface area contributed by atoms with Gasteiger partial charge in [0.05, 0.1) is 6.61 Å². The van der Waals surface area contributed by atoms with Crippen molar-refractivity contribution in [3.8, 4) is 5.75 Å². The Kier molecular flexibility index (Phi) is 3.92. The third-order valence-electron chi connectivity index (χ3n) is 3.57. The lowest BCUT2D eigenvalue weighted by Gasteiger charge is -2.15. The van der Waals surface area contributed by atoms with E-state index in [0.29, 0.717) is 12.0 Å². The Morgan fingerprint density at radius 2 is 1.68 bits per heavy atom. The van der Waals surface area contributed by atoms with Crippen LogP contribution in [0.1, 0.15) is 13.3 Å². The number of benzene rings is 3. The molecule has 0 aromatic heterocycles. The van der Waals surface area contributed by atoms with Crippen LogP contribution in [0.4, 0.5) is 0 Å². The van der Waals surface area contributed by atoms with Crippen LogP contribution in [0.15, 0.2) is 48.5 Å². The first-order valence-electron chi connectivity index (χ1n) is 7.15. The van der Waals surface area contributed by atoms with Crippen molar-refractivity contribution in [2.75, 3.05) is 6.61 Å². The van der Waals surface area contributed by atoms with E-state index in [1.807, 2.05) is 49.4 Å². The van der Waals surface area contributed by atoms with E-state index in [-0.39, 0.29) is 11.1 Å². The number of rotatable bonds is 4. The van der Waals surface area contributed by atoms with Crippen LogP contribution in [0.3, 0.4) is 0 Å². The maximum atomic E-state index is 12.0. The van der Waals surface area contributed by atoms with E-state index in [1.165, 1.54) is 0 Å². The quantitative estimate of drug-likeness (QED) is 0.570. The largest absolute Gasteiger partial charge is 0.493 e. The highest BCUT2D eigenvalue weighted by Crippen LogP contribution is 2.41. The van der Waals surface area contributed by atoms with E-state index in [0.717, 1.165) is 22.6 Å². The van der Waals surface area contributed by atoms with Crippen molar-refractivity contribution in [3.05, 3.63) is 48.5 Å². The normalized spacial score (nSPS) is 12.0. The number of hydrogen-bond acceptors (Lipinski definition) is 2. The summed E-state index contributed by atoms with van der Waals surface area (Å²) >= 11 is 0. The summed E-state index contributed by atoms with van der Waals surface area (Å²) in [6.07, 6.45) is 0.774. The molecular formula is C17H17O4P. The lowest BCUT2D eigenvalue weighted by atomic mass is 10.0. The predicted octanol–water partition coefficient (Wildman–Crippen LogP) is 3.58. The van der Waals surface area contributed by atoms with E-state index in [2.05, 4.69) is 0 Å². The van der Waals surface area contributed by atoms with Gasteiger partial charge in [-0.3, -0.25) is 4.57 Å². The number of fused-ring (bicyclic) bond motifs is 2. The molecule has 0 saturated carbocycles. The Balaban J connectivity index is 2.34. The maximum absolute atomic E-state index is 12.0. The van der Waals surface area contributed by atoms with Crippen LogP contribution < -0.4 is 10.0 Å². The van der Waals surface area contributed by atoms with E-state index in [9.17, 15) is 14.4 Å². The van der Waals surface area contributed by atoms with Crippen molar-refractivity contribution >= 4 is 34.4 Å². The average Bonchev–Trinajstić information content (AvgIpc) is 2.49. The summed E-state index contributed by atoms with van der Waals surface area (Å²) in [6.45, 7) is 2.37. The van der Waals surface area contributed by atoms with Gasteiger partial charge in [0.1, 0.15) is 11.1 Å². The Morgan fingerprint density at radius 1 is 1.00 bits per heavy atom. The van der Waals surface area contributed by atoms with Crippen LogP contribution >= 0.6 is 7.60 Å². The fraction of sp³-hybridized carbons (Fsp3) is 0.176. The van der Waals surface area contributed by atoms with Gasteiger partial charge in [0.25, 0.3) is 0 Å². The molecule has 0 fully saturated rings. The van der Waals surface area contributed by atoms with Crippen LogP contribution in [0.5, 0.6) is 5.75 Å². The molecule has 0 aliphatic heterocycles. The molecule has 4 nitrogen and oxygen atoms in total. The first-order valence-corrected chi connectivity index (χ1v) is 8.76. The molecule has 0 bridgehead atoms. The van der Waals surface area contributed by atoms with Crippen molar-refractivity contribution in [2.45, 2.75) is 13.3 Å². The molecule has 0 radical (unpaired) electrons. The minimum atomic E-state index is -4.44. The smallest absolute Gasteiger partial charge is 0.360 e.